The Hall–Kier alpha value is -1.30. The van der Waals surface area contributed by atoms with E-state index in [1.807, 2.05) is 18.2 Å². The van der Waals surface area contributed by atoms with Crippen molar-refractivity contribution < 1.29 is 24.1 Å². The Labute approximate surface area is 112 Å². The minimum Gasteiger partial charge on any atom is -0.493 e. The predicted octanol–water partition coefficient (Wildman–Crippen LogP) is 1.36. The molecule has 2 aliphatic heterocycles. The lowest BCUT2D eigenvalue weighted by Crippen LogP contribution is -2.19. The van der Waals surface area contributed by atoms with Gasteiger partial charge < -0.3 is 24.1 Å². The van der Waals surface area contributed by atoms with E-state index in [4.69, 9.17) is 18.9 Å². The fourth-order valence-electron chi connectivity index (χ4n) is 2.90. The highest BCUT2D eigenvalue weighted by molar-refractivity contribution is 5.43. The zero-order valence-electron chi connectivity index (χ0n) is 11.0. The molecule has 2 saturated heterocycles. The molecule has 5 nitrogen and oxygen atoms in total. The quantitative estimate of drug-likeness (QED) is 0.895. The molecule has 2 heterocycles. The summed E-state index contributed by atoms with van der Waals surface area (Å²) in [4.78, 5) is 0. The Morgan fingerprint density at radius 3 is 2.53 bits per heavy atom. The third kappa shape index (κ3) is 2.08. The smallest absolute Gasteiger partial charge is 0.161 e. The van der Waals surface area contributed by atoms with Crippen molar-refractivity contribution in [2.45, 2.75) is 12.4 Å². The zero-order chi connectivity index (χ0) is 13.4. The number of methoxy groups -OCH3 is 2. The van der Waals surface area contributed by atoms with Crippen LogP contribution in [0.2, 0.25) is 0 Å². The average Bonchev–Trinajstić information content (AvgIpc) is 3.01. The molecule has 5 heteroatoms. The second kappa shape index (κ2) is 5.00. The van der Waals surface area contributed by atoms with E-state index in [0.717, 1.165) is 5.56 Å². The maximum absolute atomic E-state index is 9.70. The lowest BCUT2D eigenvalue weighted by molar-refractivity contribution is -0.0961. The molecule has 2 fully saturated rings. The fourth-order valence-corrected chi connectivity index (χ4v) is 2.90. The molecule has 1 aromatic rings. The third-order valence-electron chi connectivity index (χ3n) is 3.97. The molecular weight excluding hydrogens is 248 g/mol. The largest absolute Gasteiger partial charge is 0.493 e. The Kier molecular flexibility index (Phi) is 3.35. The molecule has 0 spiro atoms. The standard InChI is InChI=1S/C14H18O5/c1-16-11-4-3-8(5-12(11)17-2)13-9-6-19-14(15)10(9)7-18-13/h3-5,9-10,13-15H,6-7H2,1-2H3. The normalized spacial score (nSPS) is 33.2. The summed E-state index contributed by atoms with van der Waals surface area (Å²) in [7, 11) is 3.23. The summed E-state index contributed by atoms with van der Waals surface area (Å²) in [6, 6.07) is 5.77. The molecule has 4 atom stereocenters. The summed E-state index contributed by atoms with van der Waals surface area (Å²) in [5.74, 6) is 1.65. The topological polar surface area (TPSA) is 57.2 Å². The van der Waals surface area contributed by atoms with E-state index < -0.39 is 6.29 Å². The van der Waals surface area contributed by atoms with Gasteiger partial charge in [-0.1, -0.05) is 6.07 Å². The molecule has 19 heavy (non-hydrogen) atoms. The van der Waals surface area contributed by atoms with Crippen LogP contribution in [0, 0.1) is 11.8 Å². The van der Waals surface area contributed by atoms with Gasteiger partial charge in [-0.15, -0.1) is 0 Å². The van der Waals surface area contributed by atoms with E-state index in [0.29, 0.717) is 24.7 Å². The van der Waals surface area contributed by atoms with Crippen LogP contribution in [0.15, 0.2) is 18.2 Å². The maximum Gasteiger partial charge on any atom is 0.161 e. The Bertz CT molecular complexity index is 461. The third-order valence-corrected chi connectivity index (χ3v) is 3.97. The first-order chi connectivity index (χ1) is 9.24. The highest BCUT2D eigenvalue weighted by atomic mass is 16.6. The number of ether oxygens (including phenoxy) is 4. The van der Waals surface area contributed by atoms with Crippen LogP contribution in [-0.2, 0) is 9.47 Å². The van der Waals surface area contributed by atoms with Crippen LogP contribution < -0.4 is 9.47 Å². The van der Waals surface area contributed by atoms with Crippen molar-refractivity contribution in [3.8, 4) is 11.5 Å². The van der Waals surface area contributed by atoms with Gasteiger partial charge in [-0.3, -0.25) is 0 Å². The Morgan fingerprint density at radius 2 is 1.79 bits per heavy atom. The predicted molar refractivity (Wildman–Crippen MR) is 67.2 cm³/mol. The number of aliphatic hydroxyl groups is 1. The van der Waals surface area contributed by atoms with Crippen molar-refractivity contribution in [2.75, 3.05) is 27.4 Å². The zero-order valence-corrected chi connectivity index (χ0v) is 11.0. The molecule has 1 aromatic carbocycles. The number of aliphatic hydroxyl groups excluding tert-OH is 1. The molecule has 3 rings (SSSR count). The van der Waals surface area contributed by atoms with Crippen molar-refractivity contribution in [2.24, 2.45) is 11.8 Å². The summed E-state index contributed by atoms with van der Waals surface area (Å²) in [6.07, 6.45) is -0.753. The van der Waals surface area contributed by atoms with E-state index >= 15 is 0 Å². The first-order valence-corrected chi connectivity index (χ1v) is 6.37. The van der Waals surface area contributed by atoms with Crippen LogP contribution in [-0.4, -0.2) is 38.8 Å². The summed E-state index contributed by atoms with van der Waals surface area (Å²) in [5, 5.41) is 9.70. The van der Waals surface area contributed by atoms with E-state index in [1.165, 1.54) is 0 Å². The van der Waals surface area contributed by atoms with Crippen LogP contribution in [0.5, 0.6) is 11.5 Å². The van der Waals surface area contributed by atoms with Crippen molar-refractivity contribution in [3.63, 3.8) is 0 Å². The highest BCUT2D eigenvalue weighted by Crippen LogP contribution is 2.45. The summed E-state index contributed by atoms with van der Waals surface area (Å²) in [5.41, 5.74) is 1.03. The van der Waals surface area contributed by atoms with Crippen LogP contribution in [0.1, 0.15) is 11.7 Å². The number of hydrogen-bond acceptors (Lipinski definition) is 5. The molecular formula is C14H18O5. The van der Waals surface area contributed by atoms with Gasteiger partial charge in [0.05, 0.1) is 33.5 Å². The molecule has 0 aliphatic carbocycles. The second-order valence-electron chi connectivity index (χ2n) is 4.92. The van der Waals surface area contributed by atoms with E-state index in [-0.39, 0.29) is 17.9 Å². The van der Waals surface area contributed by atoms with Gasteiger partial charge in [-0.2, -0.15) is 0 Å². The Balaban J connectivity index is 1.87. The van der Waals surface area contributed by atoms with Crippen molar-refractivity contribution in [1.82, 2.24) is 0 Å². The number of rotatable bonds is 3. The highest BCUT2D eigenvalue weighted by Gasteiger charge is 2.47. The van der Waals surface area contributed by atoms with Gasteiger partial charge in [0.2, 0.25) is 0 Å². The Morgan fingerprint density at radius 1 is 1.05 bits per heavy atom. The average molecular weight is 266 g/mol. The molecule has 104 valence electrons. The summed E-state index contributed by atoms with van der Waals surface area (Å²) >= 11 is 0. The van der Waals surface area contributed by atoms with Gasteiger partial charge in [-0.25, -0.2) is 0 Å². The van der Waals surface area contributed by atoms with Crippen molar-refractivity contribution in [3.05, 3.63) is 23.8 Å². The minimum absolute atomic E-state index is 0.0537. The molecule has 0 aromatic heterocycles. The van der Waals surface area contributed by atoms with Gasteiger partial charge in [0.15, 0.2) is 17.8 Å². The molecule has 4 unspecified atom stereocenters. The number of fused-ring (bicyclic) bond motifs is 1. The summed E-state index contributed by atoms with van der Waals surface area (Å²) in [6.45, 7) is 1.07. The van der Waals surface area contributed by atoms with Gasteiger partial charge in [0, 0.05) is 11.8 Å². The first-order valence-electron chi connectivity index (χ1n) is 6.37. The maximum atomic E-state index is 9.70. The summed E-state index contributed by atoms with van der Waals surface area (Å²) < 4.78 is 21.6. The molecule has 0 bridgehead atoms. The number of hydrogen-bond donors (Lipinski definition) is 1. The van der Waals surface area contributed by atoms with Crippen LogP contribution in [0.4, 0.5) is 0 Å². The van der Waals surface area contributed by atoms with Gasteiger partial charge in [0.1, 0.15) is 0 Å². The van der Waals surface area contributed by atoms with Gasteiger partial charge in [0.25, 0.3) is 0 Å². The van der Waals surface area contributed by atoms with Gasteiger partial charge in [-0.05, 0) is 17.7 Å². The van der Waals surface area contributed by atoms with Crippen LogP contribution >= 0.6 is 0 Å². The number of benzene rings is 1. The van der Waals surface area contributed by atoms with Crippen molar-refractivity contribution in [1.29, 1.82) is 0 Å². The SMILES string of the molecule is COc1ccc(C2OCC3C(O)OCC23)cc1OC. The minimum atomic E-state index is -0.699. The van der Waals surface area contributed by atoms with Crippen LogP contribution in [0.3, 0.4) is 0 Å². The van der Waals surface area contributed by atoms with Gasteiger partial charge >= 0.3 is 0 Å². The second-order valence-corrected chi connectivity index (χ2v) is 4.92. The van der Waals surface area contributed by atoms with Crippen LogP contribution in [0.25, 0.3) is 0 Å². The van der Waals surface area contributed by atoms with E-state index in [1.54, 1.807) is 14.2 Å². The fraction of sp³-hybridized carbons (Fsp3) is 0.571. The molecule has 0 radical (unpaired) electrons. The monoisotopic (exact) mass is 266 g/mol. The molecule has 1 N–H and O–H groups in total. The lowest BCUT2D eigenvalue weighted by atomic mass is 9.89. The van der Waals surface area contributed by atoms with Crippen molar-refractivity contribution >= 4 is 0 Å². The van der Waals surface area contributed by atoms with E-state index in [9.17, 15) is 5.11 Å². The molecule has 2 aliphatic rings. The molecule has 0 saturated carbocycles. The first kappa shape index (κ1) is 12.7. The van der Waals surface area contributed by atoms with E-state index in [2.05, 4.69) is 0 Å². The molecule has 0 amide bonds. The lowest BCUT2D eigenvalue weighted by Gasteiger charge is -2.18.